The zero-order valence-corrected chi connectivity index (χ0v) is 17.8. The van der Waals surface area contributed by atoms with Crippen molar-refractivity contribution < 1.29 is 23.9 Å². The third-order valence-electron chi connectivity index (χ3n) is 5.56. The van der Waals surface area contributed by atoms with E-state index >= 15 is 0 Å². The van der Waals surface area contributed by atoms with Gasteiger partial charge in [-0.3, -0.25) is 19.9 Å². The lowest BCUT2D eigenvalue weighted by Gasteiger charge is -2.14. The second kappa shape index (κ2) is 9.60. The highest BCUT2D eigenvalue weighted by Gasteiger charge is 2.23. The molecule has 0 saturated carbocycles. The van der Waals surface area contributed by atoms with E-state index in [0.29, 0.717) is 22.3 Å². The first kappa shape index (κ1) is 21.5. The van der Waals surface area contributed by atoms with Gasteiger partial charge in [0.25, 0.3) is 11.8 Å². The van der Waals surface area contributed by atoms with Crippen LogP contribution in [0.5, 0.6) is 5.75 Å². The number of rotatable bonds is 5. The number of nitrogens with one attached hydrogen (secondary N) is 1. The number of hydrogen-bond acceptors (Lipinski definition) is 6. The number of hydrogen-bond donors (Lipinski definition) is 1. The van der Waals surface area contributed by atoms with Gasteiger partial charge >= 0.3 is 5.97 Å². The van der Waals surface area contributed by atoms with Gasteiger partial charge in [-0.2, -0.15) is 0 Å². The minimum atomic E-state index is -0.691. The number of carbonyl (C=O) groups is 3. The van der Waals surface area contributed by atoms with Crippen molar-refractivity contribution >= 4 is 28.7 Å². The second-order valence-corrected chi connectivity index (χ2v) is 7.67. The van der Waals surface area contributed by atoms with Crippen molar-refractivity contribution in [1.29, 1.82) is 0 Å². The summed E-state index contributed by atoms with van der Waals surface area (Å²) in [5, 5.41) is 2.96. The van der Waals surface area contributed by atoms with Crippen molar-refractivity contribution in [2.45, 2.75) is 32.1 Å². The van der Waals surface area contributed by atoms with Crippen LogP contribution in [0.1, 0.15) is 51.2 Å². The number of imide groups is 1. The third kappa shape index (κ3) is 4.61. The van der Waals surface area contributed by atoms with Crippen LogP contribution in [-0.4, -0.2) is 36.5 Å². The number of methoxy groups -OCH3 is 1. The molecule has 1 aliphatic carbocycles. The Bertz CT molecular complexity index is 1170. The molecule has 0 bridgehead atoms. The minimum Gasteiger partial charge on any atom is -0.497 e. The maximum atomic E-state index is 13.0. The van der Waals surface area contributed by atoms with Crippen molar-refractivity contribution in [2.24, 2.45) is 0 Å². The van der Waals surface area contributed by atoms with Crippen LogP contribution in [0.25, 0.3) is 10.9 Å². The van der Waals surface area contributed by atoms with E-state index in [2.05, 4.69) is 5.32 Å². The average molecular weight is 432 g/mol. The van der Waals surface area contributed by atoms with Gasteiger partial charge in [-0.25, -0.2) is 4.79 Å². The zero-order chi connectivity index (χ0) is 22.5. The molecule has 0 aliphatic heterocycles. The summed E-state index contributed by atoms with van der Waals surface area (Å²) in [7, 11) is 1.53. The number of benzene rings is 2. The predicted octanol–water partition coefficient (Wildman–Crippen LogP) is 3.63. The Morgan fingerprint density at radius 1 is 0.969 bits per heavy atom. The summed E-state index contributed by atoms with van der Waals surface area (Å²) in [4.78, 5) is 42.3. The fourth-order valence-electron chi connectivity index (χ4n) is 3.96. The molecule has 0 unspecified atom stereocenters. The van der Waals surface area contributed by atoms with Crippen molar-refractivity contribution in [3.05, 3.63) is 70.9 Å². The van der Waals surface area contributed by atoms with Crippen LogP contribution in [0.3, 0.4) is 0 Å². The number of esters is 1. The van der Waals surface area contributed by atoms with Crippen LogP contribution in [0.15, 0.2) is 48.5 Å². The Morgan fingerprint density at radius 3 is 2.50 bits per heavy atom. The van der Waals surface area contributed by atoms with E-state index < -0.39 is 24.4 Å². The molecule has 7 heteroatoms. The number of para-hydroxylation sites is 1. The average Bonchev–Trinajstić information content (AvgIpc) is 3.06. The second-order valence-electron chi connectivity index (χ2n) is 7.67. The summed E-state index contributed by atoms with van der Waals surface area (Å²) in [6.07, 6.45) is 4.65. The molecule has 0 fully saturated rings. The molecule has 1 aliphatic rings. The number of aryl methyl sites for hydroxylation is 1. The van der Waals surface area contributed by atoms with E-state index in [-0.39, 0.29) is 0 Å². The van der Waals surface area contributed by atoms with E-state index in [1.54, 1.807) is 24.3 Å². The molecule has 164 valence electrons. The summed E-state index contributed by atoms with van der Waals surface area (Å²) in [5.41, 5.74) is 3.34. The van der Waals surface area contributed by atoms with Crippen molar-refractivity contribution in [3.8, 4) is 5.75 Å². The van der Waals surface area contributed by atoms with Gasteiger partial charge in [-0.15, -0.1) is 0 Å². The van der Waals surface area contributed by atoms with E-state index in [1.807, 2.05) is 24.3 Å². The Kier molecular flexibility index (Phi) is 6.44. The lowest BCUT2D eigenvalue weighted by Crippen LogP contribution is -2.34. The first-order valence-corrected chi connectivity index (χ1v) is 10.6. The quantitative estimate of drug-likeness (QED) is 0.489. The molecule has 2 amide bonds. The summed E-state index contributed by atoms with van der Waals surface area (Å²) in [6, 6.07) is 13.8. The molecule has 2 aromatic carbocycles. The smallest absolute Gasteiger partial charge is 0.339 e. The summed E-state index contributed by atoms with van der Waals surface area (Å²) in [6.45, 7) is -0.549. The summed E-state index contributed by atoms with van der Waals surface area (Å²) < 4.78 is 10.4. The fraction of sp³-hybridized carbons (Fsp3) is 0.280. The molecule has 1 heterocycles. The number of amides is 2. The highest BCUT2D eigenvalue weighted by Crippen LogP contribution is 2.29. The predicted molar refractivity (Wildman–Crippen MR) is 119 cm³/mol. The van der Waals surface area contributed by atoms with Gasteiger partial charge in [0.05, 0.1) is 18.2 Å². The lowest BCUT2D eigenvalue weighted by atomic mass is 9.97. The van der Waals surface area contributed by atoms with Gasteiger partial charge in [-0.05, 0) is 61.6 Å². The standard InChI is InChI=1S/C25H24N2O5/c1-31-17-13-11-16(12-14-17)24(29)27-22(28)15-32-25(30)23-18-7-3-2-4-9-20(18)26-21-10-6-5-8-19(21)23/h5-6,8,10-14H,2-4,7,9,15H2,1H3,(H,27,28,29). The van der Waals surface area contributed by atoms with Crippen molar-refractivity contribution in [2.75, 3.05) is 13.7 Å². The van der Waals surface area contributed by atoms with Crippen LogP contribution < -0.4 is 10.1 Å². The highest BCUT2D eigenvalue weighted by atomic mass is 16.5. The summed E-state index contributed by atoms with van der Waals surface area (Å²) in [5.74, 6) is -1.24. The van der Waals surface area contributed by atoms with Gasteiger partial charge in [0.1, 0.15) is 5.75 Å². The highest BCUT2D eigenvalue weighted by molar-refractivity contribution is 6.07. The molecule has 0 radical (unpaired) electrons. The van der Waals surface area contributed by atoms with Crippen molar-refractivity contribution in [3.63, 3.8) is 0 Å². The van der Waals surface area contributed by atoms with Crippen LogP contribution in [0, 0.1) is 0 Å². The van der Waals surface area contributed by atoms with Gasteiger partial charge in [0.2, 0.25) is 0 Å². The third-order valence-corrected chi connectivity index (χ3v) is 5.56. The molecule has 4 rings (SSSR count). The van der Waals surface area contributed by atoms with Crippen LogP contribution in [0.2, 0.25) is 0 Å². The van der Waals surface area contributed by atoms with Crippen LogP contribution in [-0.2, 0) is 22.4 Å². The van der Waals surface area contributed by atoms with Gasteiger partial charge in [0.15, 0.2) is 6.61 Å². The number of carbonyl (C=O) groups excluding carboxylic acids is 3. The zero-order valence-electron chi connectivity index (χ0n) is 17.8. The summed E-state index contributed by atoms with van der Waals surface area (Å²) >= 11 is 0. The SMILES string of the molecule is COc1ccc(C(=O)NC(=O)COC(=O)c2c3c(nc4ccccc24)CCCCC3)cc1. The Hall–Kier alpha value is -3.74. The van der Waals surface area contributed by atoms with E-state index in [1.165, 1.54) is 7.11 Å². The van der Waals surface area contributed by atoms with E-state index in [0.717, 1.165) is 48.9 Å². The lowest BCUT2D eigenvalue weighted by molar-refractivity contribution is -0.123. The largest absolute Gasteiger partial charge is 0.497 e. The first-order chi connectivity index (χ1) is 15.6. The molecule has 7 nitrogen and oxygen atoms in total. The van der Waals surface area contributed by atoms with Gasteiger partial charge in [-0.1, -0.05) is 24.6 Å². The Balaban J connectivity index is 1.48. The molecule has 3 aromatic rings. The molecule has 0 saturated heterocycles. The molecule has 1 aromatic heterocycles. The van der Waals surface area contributed by atoms with Crippen molar-refractivity contribution in [1.82, 2.24) is 10.3 Å². The maximum absolute atomic E-state index is 13.0. The van der Waals surface area contributed by atoms with Gasteiger partial charge in [0, 0.05) is 16.6 Å². The molecular weight excluding hydrogens is 408 g/mol. The van der Waals surface area contributed by atoms with Crippen LogP contribution >= 0.6 is 0 Å². The molecule has 1 N–H and O–H groups in total. The first-order valence-electron chi connectivity index (χ1n) is 10.6. The fourth-order valence-corrected chi connectivity index (χ4v) is 3.96. The molecule has 32 heavy (non-hydrogen) atoms. The number of ether oxygens (including phenoxy) is 2. The number of fused-ring (bicyclic) bond motifs is 2. The molecular formula is C25H24N2O5. The number of nitrogens with zero attached hydrogens (tertiary/aromatic N) is 1. The van der Waals surface area contributed by atoms with Crippen LogP contribution in [0.4, 0.5) is 0 Å². The Labute approximate surface area is 185 Å². The minimum absolute atomic E-state index is 0.302. The van der Waals surface area contributed by atoms with E-state index in [9.17, 15) is 14.4 Å². The van der Waals surface area contributed by atoms with Gasteiger partial charge < -0.3 is 9.47 Å². The topological polar surface area (TPSA) is 94.6 Å². The van der Waals surface area contributed by atoms with E-state index in [4.69, 9.17) is 14.5 Å². The monoisotopic (exact) mass is 432 g/mol. The molecule has 0 atom stereocenters. The maximum Gasteiger partial charge on any atom is 0.339 e. The normalized spacial score (nSPS) is 13.0. The number of pyridine rings is 1. The number of aromatic nitrogens is 1. The molecule has 0 spiro atoms. The Morgan fingerprint density at radius 2 is 1.72 bits per heavy atom.